The lowest BCUT2D eigenvalue weighted by molar-refractivity contribution is -0.101. The molecule has 98 valence electrons. The standard InChI is InChI=1S/C9H13F3N2O2S/c1-13-8(17-2)14-5-7(9(10,11)12)6-16-4-3-15/h5,15H,1,3-4,6H2,2H3/b7-5+,14-8?. The van der Waals surface area contributed by atoms with Gasteiger partial charge in [-0.1, -0.05) is 11.8 Å². The Balaban J connectivity index is 4.74. The molecule has 0 amide bonds. The maximum absolute atomic E-state index is 12.5. The maximum Gasteiger partial charge on any atom is 0.416 e. The molecule has 0 atom stereocenters. The quantitative estimate of drug-likeness (QED) is 0.471. The van der Waals surface area contributed by atoms with Crippen molar-refractivity contribution >= 4 is 23.6 Å². The molecule has 0 heterocycles. The van der Waals surface area contributed by atoms with Gasteiger partial charge < -0.3 is 9.84 Å². The lowest BCUT2D eigenvalue weighted by atomic mass is 10.3. The molecular weight excluding hydrogens is 257 g/mol. The van der Waals surface area contributed by atoms with Crippen molar-refractivity contribution in [3.63, 3.8) is 0 Å². The van der Waals surface area contributed by atoms with Gasteiger partial charge >= 0.3 is 6.18 Å². The zero-order valence-corrected chi connectivity index (χ0v) is 10.0. The first-order valence-electron chi connectivity index (χ1n) is 4.49. The molecule has 1 N–H and O–H groups in total. The van der Waals surface area contributed by atoms with E-state index in [0.29, 0.717) is 6.20 Å². The van der Waals surface area contributed by atoms with Crippen molar-refractivity contribution in [3.05, 3.63) is 11.8 Å². The summed E-state index contributed by atoms with van der Waals surface area (Å²) in [5, 5.41) is 8.53. The van der Waals surface area contributed by atoms with Crippen LogP contribution in [0.3, 0.4) is 0 Å². The van der Waals surface area contributed by atoms with E-state index in [1.54, 1.807) is 6.26 Å². The fraction of sp³-hybridized carbons (Fsp3) is 0.556. The highest BCUT2D eigenvalue weighted by Crippen LogP contribution is 2.26. The van der Waals surface area contributed by atoms with Gasteiger partial charge in [0.05, 0.1) is 25.4 Å². The minimum absolute atomic E-state index is 0.133. The first kappa shape index (κ1) is 16.1. The second-order valence-electron chi connectivity index (χ2n) is 2.70. The smallest absolute Gasteiger partial charge is 0.394 e. The molecule has 8 heteroatoms. The van der Waals surface area contributed by atoms with Crippen LogP contribution >= 0.6 is 11.8 Å². The number of nitrogens with zero attached hydrogens (tertiary/aromatic N) is 2. The van der Waals surface area contributed by atoms with Crippen LogP contribution in [0.2, 0.25) is 0 Å². The molecule has 0 fully saturated rings. The van der Waals surface area contributed by atoms with Crippen molar-refractivity contribution in [2.45, 2.75) is 6.18 Å². The van der Waals surface area contributed by atoms with Gasteiger partial charge in [-0.3, -0.25) is 0 Å². The van der Waals surface area contributed by atoms with Crippen LogP contribution < -0.4 is 0 Å². The van der Waals surface area contributed by atoms with E-state index < -0.39 is 18.4 Å². The van der Waals surface area contributed by atoms with E-state index in [1.165, 1.54) is 0 Å². The molecule has 0 aromatic rings. The SMILES string of the molecule is C=NC(=N/C=C(\COCCO)C(F)(F)F)SC. The van der Waals surface area contributed by atoms with Crippen molar-refractivity contribution in [3.8, 4) is 0 Å². The molecule has 17 heavy (non-hydrogen) atoms. The van der Waals surface area contributed by atoms with Crippen molar-refractivity contribution in [2.75, 3.05) is 26.1 Å². The summed E-state index contributed by atoms with van der Waals surface area (Å²) < 4.78 is 42.0. The van der Waals surface area contributed by atoms with E-state index in [4.69, 9.17) is 5.11 Å². The lowest BCUT2D eigenvalue weighted by Crippen LogP contribution is -2.17. The molecule has 0 bridgehead atoms. The number of aliphatic hydroxyl groups is 1. The minimum Gasteiger partial charge on any atom is -0.394 e. The molecule has 0 saturated heterocycles. The molecule has 0 radical (unpaired) electrons. The lowest BCUT2D eigenvalue weighted by Gasteiger charge is -2.10. The zero-order valence-electron chi connectivity index (χ0n) is 9.20. The molecule has 4 nitrogen and oxygen atoms in total. The van der Waals surface area contributed by atoms with E-state index in [1.807, 2.05) is 0 Å². The summed E-state index contributed by atoms with van der Waals surface area (Å²) in [7, 11) is 0. The topological polar surface area (TPSA) is 54.2 Å². The highest BCUT2D eigenvalue weighted by atomic mass is 32.2. The van der Waals surface area contributed by atoms with Crippen LogP contribution in [-0.2, 0) is 4.74 Å². The normalized spacial score (nSPS) is 13.9. The number of hydrogen-bond acceptors (Lipinski definition) is 4. The highest BCUT2D eigenvalue weighted by Gasteiger charge is 2.33. The van der Waals surface area contributed by atoms with E-state index in [2.05, 4.69) is 21.4 Å². The predicted octanol–water partition coefficient (Wildman–Crippen LogP) is 1.86. The molecule has 0 saturated carbocycles. The summed E-state index contributed by atoms with van der Waals surface area (Å²) in [6, 6.07) is 0. The number of alkyl halides is 3. The summed E-state index contributed by atoms with van der Waals surface area (Å²) in [6.45, 7) is 2.02. The van der Waals surface area contributed by atoms with Crippen LogP contribution in [0.15, 0.2) is 21.8 Å². The largest absolute Gasteiger partial charge is 0.416 e. The zero-order chi connectivity index (χ0) is 13.3. The van der Waals surface area contributed by atoms with Gasteiger partial charge in [0.1, 0.15) is 0 Å². The third-order valence-electron chi connectivity index (χ3n) is 1.51. The molecule has 0 rings (SSSR count). The van der Waals surface area contributed by atoms with Gasteiger partial charge in [0.15, 0.2) is 5.17 Å². The summed E-state index contributed by atoms with van der Waals surface area (Å²) in [4.78, 5) is 6.96. The molecule has 0 aliphatic carbocycles. The molecular formula is C9H13F3N2O2S. The van der Waals surface area contributed by atoms with E-state index in [0.717, 1.165) is 11.8 Å². The minimum atomic E-state index is -4.52. The first-order chi connectivity index (χ1) is 7.95. The molecule has 0 aromatic heterocycles. The predicted molar refractivity (Wildman–Crippen MR) is 62.5 cm³/mol. The van der Waals surface area contributed by atoms with E-state index in [9.17, 15) is 13.2 Å². The van der Waals surface area contributed by atoms with Crippen LogP contribution in [0.1, 0.15) is 0 Å². The Labute approximate surface area is 101 Å². The molecule has 0 spiro atoms. The Morgan fingerprint density at radius 3 is 2.59 bits per heavy atom. The average Bonchev–Trinajstić information content (AvgIpc) is 2.26. The third kappa shape index (κ3) is 7.14. The number of ether oxygens (including phenoxy) is 1. The van der Waals surface area contributed by atoms with Gasteiger partial charge in [0.2, 0.25) is 0 Å². The Kier molecular flexibility index (Phi) is 7.85. The number of rotatable bonds is 5. The van der Waals surface area contributed by atoms with Crippen molar-refractivity contribution in [1.82, 2.24) is 0 Å². The second kappa shape index (κ2) is 8.26. The first-order valence-corrected chi connectivity index (χ1v) is 5.71. The van der Waals surface area contributed by atoms with Gasteiger partial charge in [0.25, 0.3) is 0 Å². The summed E-state index contributed by atoms with van der Waals surface area (Å²) in [6.07, 6.45) is -2.25. The van der Waals surface area contributed by atoms with E-state index in [-0.39, 0.29) is 18.4 Å². The Bertz CT molecular complexity index is 303. The molecule has 0 aromatic carbocycles. The Hall–Kier alpha value is -0.860. The average molecular weight is 270 g/mol. The van der Waals surface area contributed by atoms with Crippen LogP contribution in [-0.4, -0.2) is 49.2 Å². The Morgan fingerprint density at radius 1 is 1.53 bits per heavy atom. The number of hydrogen-bond donors (Lipinski definition) is 1. The summed E-state index contributed by atoms with van der Waals surface area (Å²) in [5.74, 6) is 0. The molecule has 0 aliphatic heterocycles. The summed E-state index contributed by atoms with van der Waals surface area (Å²) in [5.41, 5.74) is -0.943. The Morgan fingerprint density at radius 2 is 2.18 bits per heavy atom. The van der Waals surface area contributed by atoms with Gasteiger partial charge in [0, 0.05) is 6.20 Å². The number of aliphatic hydroxyl groups excluding tert-OH is 1. The van der Waals surface area contributed by atoms with Crippen LogP contribution in [0.4, 0.5) is 13.2 Å². The number of amidine groups is 1. The van der Waals surface area contributed by atoms with Gasteiger partial charge in [-0.05, 0) is 13.0 Å². The van der Waals surface area contributed by atoms with Gasteiger partial charge in [-0.2, -0.15) is 13.2 Å². The number of thioether (sulfide) groups is 1. The fourth-order valence-corrected chi connectivity index (χ4v) is 1.02. The number of halogens is 3. The van der Waals surface area contributed by atoms with Gasteiger partial charge in [-0.25, -0.2) is 9.98 Å². The van der Waals surface area contributed by atoms with Crippen LogP contribution in [0.5, 0.6) is 0 Å². The van der Waals surface area contributed by atoms with Crippen molar-refractivity contribution in [1.29, 1.82) is 0 Å². The van der Waals surface area contributed by atoms with Crippen molar-refractivity contribution in [2.24, 2.45) is 9.98 Å². The van der Waals surface area contributed by atoms with Gasteiger partial charge in [-0.15, -0.1) is 0 Å². The fourth-order valence-electron chi connectivity index (χ4n) is 0.730. The third-order valence-corrected chi connectivity index (χ3v) is 2.11. The summed E-state index contributed by atoms with van der Waals surface area (Å²) >= 11 is 1.08. The second-order valence-corrected chi connectivity index (χ2v) is 3.48. The highest BCUT2D eigenvalue weighted by molar-refractivity contribution is 8.13. The molecule has 0 aliphatic rings. The van der Waals surface area contributed by atoms with E-state index >= 15 is 0 Å². The maximum atomic E-state index is 12.5. The monoisotopic (exact) mass is 270 g/mol. The number of aliphatic imine (C=N–C) groups is 2. The van der Waals surface area contributed by atoms with Crippen molar-refractivity contribution < 1.29 is 23.0 Å². The van der Waals surface area contributed by atoms with Crippen LogP contribution in [0, 0.1) is 0 Å². The van der Waals surface area contributed by atoms with Crippen LogP contribution in [0.25, 0.3) is 0 Å². The molecule has 0 unspecified atom stereocenters.